The number of hydrogen-bond acceptors (Lipinski definition) is 2. The van der Waals surface area contributed by atoms with E-state index in [1.165, 1.54) is 21.5 Å². The average molecular weight is 687 g/mol. The minimum absolute atomic E-state index is 0.362. The van der Waals surface area contributed by atoms with Crippen molar-refractivity contribution in [2.75, 3.05) is 0 Å². The van der Waals surface area contributed by atoms with E-state index >= 15 is 0 Å². The lowest BCUT2D eigenvalue weighted by Gasteiger charge is -2.21. The summed E-state index contributed by atoms with van der Waals surface area (Å²) in [5, 5.41) is 24.4. The standard InChI is InChI=1S/C50H30N4/c51-31-36-25-24-35(28-38(36)32-52)37-29-43(33-14-4-1-5-15-33)49(44(30-37)34-16-6-2-7-17-34)54-45-22-12-10-20-40(45)41-26-27-47-48(50(41)54)42-21-11-13-23-46(42)53(47)39-18-8-3-9-19-39/h1-30H. The molecule has 250 valence electrons. The second kappa shape index (κ2) is 12.5. The predicted molar refractivity (Wildman–Crippen MR) is 221 cm³/mol. The van der Waals surface area contributed by atoms with Crippen LogP contribution in [0.25, 0.3) is 88.4 Å². The van der Waals surface area contributed by atoms with Crippen LogP contribution in [0.4, 0.5) is 0 Å². The van der Waals surface area contributed by atoms with Gasteiger partial charge >= 0.3 is 0 Å². The lowest BCUT2D eigenvalue weighted by atomic mass is 9.90. The quantitative estimate of drug-likeness (QED) is 0.181. The molecule has 0 N–H and O–H groups in total. The zero-order chi connectivity index (χ0) is 36.2. The molecule has 0 aliphatic carbocycles. The number of aromatic nitrogens is 2. The van der Waals surface area contributed by atoms with Crippen molar-refractivity contribution < 1.29 is 0 Å². The Kier molecular flexibility index (Phi) is 7.22. The Hall–Kier alpha value is -7.66. The van der Waals surface area contributed by atoms with Gasteiger partial charge in [0.1, 0.15) is 12.1 Å². The van der Waals surface area contributed by atoms with E-state index < -0.39 is 0 Å². The van der Waals surface area contributed by atoms with Crippen LogP contribution in [0, 0.1) is 22.7 Å². The summed E-state index contributed by atoms with van der Waals surface area (Å²) in [5.41, 5.74) is 13.6. The average Bonchev–Trinajstić information content (AvgIpc) is 3.76. The van der Waals surface area contributed by atoms with Crippen molar-refractivity contribution in [1.82, 2.24) is 9.13 Å². The van der Waals surface area contributed by atoms with Crippen LogP contribution >= 0.6 is 0 Å². The molecule has 2 aromatic heterocycles. The Morgan fingerprint density at radius 3 is 1.56 bits per heavy atom. The maximum atomic E-state index is 9.99. The molecule has 0 saturated carbocycles. The molecule has 10 rings (SSSR count). The van der Waals surface area contributed by atoms with Crippen molar-refractivity contribution in [2.24, 2.45) is 0 Å². The van der Waals surface area contributed by atoms with Crippen molar-refractivity contribution >= 4 is 43.6 Å². The zero-order valence-electron chi connectivity index (χ0n) is 29.1. The number of benzene rings is 8. The molecule has 4 nitrogen and oxygen atoms in total. The third kappa shape index (κ3) is 4.76. The van der Waals surface area contributed by atoms with E-state index in [1.807, 2.05) is 24.3 Å². The number of fused-ring (bicyclic) bond motifs is 7. The molecular formula is C50H30N4. The van der Waals surface area contributed by atoms with E-state index in [0.717, 1.165) is 66.8 Å². The molecule has 0 spiro atoms. The third-order valence-corrected chi connectivity index (χ3v) is 10.6. The van der Waals surface area contributed by atoms with Gasteiger partial charge in [0, 0.05) is 38.4 Å². The van der Waals surface area contributed by atoms with Crippen LogP contribution in [0.3, 0.4) is 0 Å². The van der Waals surface area contributed by atoms with Crippen molar-refractivity contribution in [3.05, 3.63) is 193 Å². The van der Waals surface area contributed by atoms with Crippen LogP contribution in [0.2, 0.25) is 0 Å². The first-order chi connectivity index (χ1) is 26.7. The summed E-state index contributed by atoms with van der Waals surface area (Å²) < 4.78 is 4.87. The highest BCUT2D eigenvalue weighted by Crippen LogP contribution is 2.47. The van der Waals surface area contributed by atoms with Crippen molar-refractivity contribution in [1.29, 1.82) is 10.5 Å². The molecule has 0 saturated heterocycles. The molecule has 4 heteroatoms. The summed E-state index contributed by atoms with van der Waals surface area (Å²) in [5.74, 6) is 0. The first-order valence-electron chi connectivity index (χ1n) is 18.0. The van der Waals surface area contributed by atoms with Gasteiger partial charge in [-0.25, -0.2) is 0 Å². The van der Waals surface area contributed by atoms with Gasteiger partial charge in [-0.1, -0.05) is 127 Å². The van der Waals surface area contributed by atoms with Gasteiger partial charge in [-0.3, -0.25) is 0 Å². The molecule has 0 aliphatic rings. The first kappa shape index (κ1) is 31.1. The predicted octanol–water partition coefficient (Wildman–Crippen LogP) is 12.6. The van der Waals surface area contributed by atoms with Gasteiger partial charge in [0.2, 0.25) is 0 Å². The fourth-order valence-electron chi connectivity index (χ4n) is 8.23. The fraction of sp³-hybridized carbons (Fsp3) is 0. The summed E-state index contributed by atoms with van der Waals surface area (Å²) in [6.45, 7) is 0. The topological polar surface area (TPSA) is 57.4 Å². The fourth-order valence-corrected chi connectivity index (χ4v) is 8.23. The van der Waals surface area contributed by atoms with Gasteiger partial charge in [0.15, 0.2) is 0 Å². The maximum Gasteiger partial charge on any atom is 0.101 e. The number of rotatable bonds is 5. The maximum absolute atomic E-state index is 9.99. The minimum Gasteiger partial charge on any atom is -0.309 e. The second-order valence-electron chi connectivity index (χ2n) is 13.5. The van der Waals surface area contributed by atoms with Crippen molar-refractivity contribution in [2.45, 2.75) is 0 Å². The summed E-state index contributed by atoms with van der Waals surface area (Å²) in [6, 6.07) is 68.1. The highest BCUT2D eigenvalue weighted by atomic mass is 15.0. The molecule has 54 heavy (non-hydrogen) atoms. The van der Waals surface area contributed by atoms with E-state index in [4.69, 9.17) is 0 Å². The van der Waals surface area contributed by atoms with Gasteiger partial charge in [0.05, 0.1) is 38.9 Å². The molecule has 0 aliphatic heterocycles. The lowest BCUT2D eigenvalue weighted by Crippen LogP contribution is -2.02. The first-order valence-corrected chi connectivity index (χ1v) is 18.0. The Bertz CT molecular complexity index is 3100. The van der Waals surface area contributed by atoms with Crippen LogP contribution in [0.1, 0.15) is 11.1 Å². The highest BCUT2D eigenvalue weighted by molar-refractivity contribution is 6.26. The number of hydrogen-bond donors (Lipinski definition) is 0. The number of nitrogens with zero attached hydrogens (tertiary/aromatic N) is 4. The molecule has 8 aromatic carbocycles. The second-order valence-corrected chi connectivity index (χ2v) is 13.5. The van der Waals surface area contributed by atoms with E-state index in [1.54, 1.807) is 6.07 Å². The Morgan fingerprint density at radius 2 is 0.926 bits per heavy atom. The van der Waals surface area contributed by atoms with E-state index in [-0.39, 0.29) is 0 Å². The molecule has 10 aromatic rings. The van der Waals surface area contributed by atoms with Crippen LogP contribution in [-0.2, 0) is 0 Å². The SMILES string of the molecule is N#Cc1ccc(-c2cc(-c3ccccc3)c(-n3c4ccccc4c4ccc5c(c6ccccc6n5-c5ccccc5)c43)c(-c3ccccc3)c2)cc1C#N. The smallest absolute Gasteiger partial charge is 0.101 e. The zero-order valence-corrected chi connectivity index (χ0v) is 29.1. The molecule has 0 unspecified atom stereocenters. The van der Waals surface area contributed by atoms with Crippen LogP contribution in [0.15, 0.2) is 182 Å². The Labute approximate surface area is 312 Å². The molecule has 0 atom stereocenters. The molecule has 0 bridgehead atoms. The molecule has 0 fully saturated rings. The van der Waals surface area contributed by atoms with Crippen molar-refractivity contribution in [3.63, 3.8) is 0 Å². The third-order valence-electron chi connectivity index (χ3n) is 10.6. The van der Waals surface area contributed by atoms with Gasteiger partial charge in [-0.2, -0.15) is 10.5 Å². The van der Waals surface area contributed by atoms with Crippen molar-refractivity contribution in [3.8, 4) is 56.9 Å². The van der Waals surface area contributed by atoms with Crippen LogP contribution in [0.5, 0.6) is 0 Å². The van der Waals surface area contributed by atoms with Gasteiger partial charge in [0.25, 0.3) is 0 Å². The largest absolute Gasteiger partial charge is 0.309 e. The van der Waals surface area contributed by atoms with Gasteiger partial charge in [-0.05, 0) is 76.9 Å². The van der Waals surface area contributed by atoms with Crippen LogP contribution < -0.4 is 0 Å². The van der Waals surface area contributed by atoms with E-state index in [2.05, 4.69) is 173 Å². The van der Waals surface area contributed by atoms with Gasteiger partial charge < -0.3 is 9.13 Å². The van der Waals surface area contributed by atoms with Gasteiger partial charge in [-0.15, -0.1) is 0 Å². The van der Waals surface area contributed by atoms with Crippen LogP contribution in [-0.4, -0.2) is 9.13 Å². The highest BCUT2D eigenvalue weighted by Gasteiger charge is 2.25. The molecule has 0 amide bonds. The molecule has 0 radical (unpaired) electrons. The number of para-hydroxylation sites is 3. The summed E-state index contributed by atoms with van der Waals surface area (Å²) >= 11 is 0. The molecular weight excluding hydrogens is 657 g/mol. The molecule has 2 heterocycles. The van der Waals surface area contributed by atoms with E-state index in [0.29, 0.717) is 11.1 Å². The Morgan fingerprint density at radius 1 is 0.370 bits per heavy atom. The minimum atomic E-state index is 0.362. The summed E-state index contributed by atoms with van der Waals surface area (Å²) in [7, 11) is 0. The summed E-state index contributed by atoms with van der Waals surface area (Å²) in [4.78, 5) is 0. The summed E-state index contributed by atoms with van der Waals surface area (Å²) in [6.07, 6.45) is 0. The lowest BCUT2D eigenvalue weighted by molar-refractivity contribution is 1.17. The number of nitriles is 2. The normalized spacial score (nSPS) is 11.3. The monoisotopic (exact) mass is 686 g/mol. The Balaban J connectivity index is 1.42. The van der Waals surface area contributed by atoms with E-state index in [9.17, 15) is 10.5 Å².